The van der Waals surface area contributed by atoms with Crippen LogP contribution in [0.3, 0.4) is 0 Å². The maximum absolute atomic E-state index is 11.8. The molecule has 0 atom stereocenters. The Kier molecular flexibility index (Phi) is 5.32. The van der Waals surface area contributed by atoms with Gasteiger partial charge >= 0.3 is 11.8 Å². The van der Waals surface area contributed by atoms with Crippen molar-refractivity contribution < 1.29 is 14.7 Å². The zero-order valence-corrected chi connectivity index (χ0v) is 13.0. The number of aryl methyl sites for hydroxylation is 1. The Morgan fingerprint density at radius 3 is 2.65 bits per heavy atom. The first-order chi connectivity index (χ1) is 11.0. The van der Waals surface area contributed by atoms with E-state index in [-0.39, 0.29) is 5.75 Å². The average molecular weight is 332 g/mol. The summed E-state index contributed by atoms with van der Waals surface area (Å²) in [5.41, 5.74) is 3.92. The number of amides is 2. The Balaban J connectivity index is 1.93. The van der Waals surface area contributed by atoms with E-state index in [1.165, 1.54) is 18.3 Å². The number of benzene rings is 2. The van der Waals surface area contributed by atoms with E-state index in [0.29, 0.717) is 16.3 Å². The number of hydrogen-bond acceptors (Lipinski definition) is 4. The fourth-order valence-corrected chi connectivity index (χ4v) is 1.99. The zero-order chi connectivity index (χ0) is 16.8. The number of phenolic OH excluding ortho intramolecular Hbond substituents is 1. The highest BCUT2D eigenvalue weighted by molar-refractivity contribution is 6.39. The Bertz CT molecular complexity index is 775. The highest BCUT2D eigenvalue weighted by atomic mass is 35.5. The van der Waals surface area contributed by atoms with E-state index >= 15 is 0 Å². The highest BCUT2D eigenvalue weighted by Gasteiger charge is 2.13. The number of hydrogen-bond donors (Lipinski definition) is 3. The van der Waals surface area contributed by atoms with Gasteiger partial charge in [0.05, 0.1) is 6.21 Å². The van der Waals surface area contributed by atoms with E-state index in [2.05, 4.69) is 15.8 Å². The van der Waals surface area contributed by atoms with Gasteiger partial charge in [0.2, 0.25) is 0 Å². The minimum Gasteiger partial charge on any atom is -0.508 e. The van der Waals surface area contributed by atoms with Crippen molar-refractivity contribution in [1.82, 2.24) is 5.43 Å². The van der Waals surface area contributed by atoms with Crippen molar-refractivity contribution in [3.05, 3.63) is 58.6 Å². The molecule has 0 spiro atoms. The van der Waals surface area contributed by atoms with Crippen LogP contribution in [0.5, 0.6) is 5.75 Å². The molecule has 2 rings (SSSR count). The smallest absolute Gasteiger partial charge is 0.329 e. The second-order valence-corrected chi connectivity index (χ2v) is 5.14. The maximum Gasteiger partial charge on any atom is 0.329 e. The lowest BCUT2D eigenvalue weighted by molar-refractivity contribution is -0.136. The average Bonchev–Trinajstić information content (AvgIpc) is 2.50. The van der Waals surface area contributed by atoms with Gasteiger partial charge in [0.15, 0.2) is 0 Å². The summed E-state index contributed by atoms with van der Waals surface area (Å²) >= 11 is 5.82. The second kappa shape index (κ2) is 7.42. The first-order valence-electron chi connectivity index (χ1n) is 6.65. The van der Waals surface area contributed by atoms with Gasteiger partial charge in [-0.3, -0.25) is 9.59 Å². The third-order valence-corrected chi connectivity index (χ3v) is 3.13. The third kappa shape index (κ3) is 4.82. The van der Waals surface area contributed by atoms with Crippen LogP contribution < -0.4 is 10.7 Å². The summed E-state index contributed by atoms with van der Waals surface area (Å²) in [5.74, 6) is -1.67. The quantitative estimate of drug-likeness (QED) is 0.458. The molecular formula is C16H14ClN3O3. The molecule has 0 heterocycles. The normalized spacial score (nSPS) is 10.5. The Labute approximate surface area is 137 Å². The lowest BCUT2D eigenvalue weighted by Gasteiger charge is -2.07. The molecule has 0 unspecified atom stereocenters. The SMILES string of the molecule is Cc1cc(Cl)ccc1NC(=O)C(=O)N/N=C\c1cccc(O)c1. The lowest BCUT2D eigenvalue weighted by Crippen LogP contribution is -2.32. The number of phenols is 1. The van der Waals surface area contributed by atoms with Crippen LogP contribution in [0.25, 0.3) is 0 Å². The molecule has 0 bridgehead atoms. The fraction of sp³-hybridized carbons (Fsp3) is 0.0625. The van der Waals surface area contributed by atoms with Crippen LogP contribution in [0.15, 0.2) is 47.6 Å². The molecule has 2 amide bonds. The fourth-order valence-electron chi connectivity index (χ4n) is 1.77. The van der Waals surface area contributed by atoms with Gasteiger partial charge in [-0.2, -0.15) is 5.10 Å². The van der Waals surface area contributed by atoms with Crippen molar-refractivity contribution in [2.45, 2.75) is 6.92 Å². The van der Waals surface area contributed by atoms with E-state index in [1.54, 1.807) is 37.3 Å². The first kappa shape index (κ1) is 16.5. The van der Waals surface area contributed by atoms with Gasteiger partial charge in [-0.1, -0.05) is 23.7 Å². The minimum absolute atomic E-state index is 0.0798. The van der Waals surface area contributed by atoms with Crippen LogP contribution in [-0.4, -0.2) is 23.1 Å². The predicted molar refractivity (Wildman–Crippen MR) is 88.7 cm³/mol. The molecule has 6 nitrogen and oxygen atoms in total. The van der Waals surface area contributed by atoms with Crippen LogP contribution in [0.2, 0.25) is 5.02 Å². The number of nitrogens with zero attached hydrogens (tertiary/aromatic N) is 1. The molecule has 118 valence electrons. The van der Waals surface area contributed by atoms with Crippen LogP contribution in [0.1, 0.15) is 11.1 Å². The van der Waals surface area contributed by atoms with E-state index in [4.69, 9.17) is 11.6 Å². The predicted octanol–water partition coefficient (Wildman–Crippen LogP) is 2.44. The van der Waals surface area contributed by atoms with Gasteiger partial charge in [0.1, 0.15) is 5.75 Å². The number of hydrazone groups is 1. The van der Waals surface area contributed by atoms with Gasteiger partial charge in [0.25, 0.3) is 0 Å². The molecule has 0 aliphatic rings. The summed E-state index contributed by atoms with van der Waals surface area (Å²) in [6, 6.07) is 11.2. The van der Waals surface area contributed by atoms with Crippen LogP contribution in [-0.2, 0) is 9.59 Å². The van der Waals surface area contributed by atoms with Crippen molar-refractivity contribution in [2.75, 3.05) is 5.32 Å². The van der Waals surface area contributed by atoms with Gasteiger partial charge in [-0.25, -0.2) is 5.43 Å². The number of carbonyl (C=O) groups is 2. The molecule has 0 radical (unpaired) electrons. The summed E-state index contributed by atoms with van der Waals surface area (Å²) in [6.07, 6.45) is 1.32. The number of carbonyl (C=O) groups excluding carboxylic acids is 2. The summed E-state index contributed by atoms with van der Waals surface area (Å²) in [5, 5.41) is 16.0. The third-order valence-electron chi connectivity index (χ3n) is 2.89. The number of anilines is 1. The standard InChI is InChI=1S/C16H14ClN3O3/c1-10-7-12(17)5-6-14(10)19-15(22)16(23)20-18-9-11-3-2-4-13(21)8-11/h2-9,21H,1H3,(H,19,22)(H,20,23)/b18-9-. The molecule has 23 heavy (non-hydrogen) atoms. The molecule has 0 aliphatic carbocycles. The molecule has 0 fully saturated rings. The van der Waals surface area contributed by atoms with Gasteiger partial charge in [-0.05, 0) is 48.4 Å². The second-order valence-electron chi connectivity index (χ2n) is 4.71. The highest BCUT2D eigenvalue weighted by Crippen LogP contribution is 2.19. The van der Waals surface area contributed by atoms with Gasteiger partial charge in [-0.15, -0.1) is 0 Å². The topological polar surface area (TPSA) is 90.8 Å². The van der Waals surface area contributed by atoms with E-state index in [0.717, 1.165) is 5.56 Å². The monoisotopic (exact) mass is 331 g/mol. The van der Waals surface area contributed by atoms with Gasteiger partial charge in [0, 0.05) is 10.7 Å². The lowest BCUT2D eigenvalue weighted by atomic mass is 10.2. The maximum atomic E-state index is 11.8. The zero-order valence-electron chi connectivity index (χ0n) is 12.2. The van der Waals surface area contributed by atoms with Crippen LogP contribution in [0.4, 0.5) is 5.69 Å². The molecule has 2 aromatic rings. The van der Waals surface area contributed by atoms with Crippen molar-refractivity contribution in [2.24, 2.45) is 5.10 Å². The Morgan fingerprint density at radius 1 is 1.17 bits per heavy atom. The minimum atomic E-state index is -0.907. The van der Waals surface area contributed by atoms with Crippen LogP contribution in [0, 0.1) is 6.92 Å². The largest absolute Gasteiger partial charge is 0.508 e. The first-order valence-corrected chi connectivity index (χ1v) is 7.03. The van der Waals surface area contributed by atoms with E-state index in [1.807, 2.05) is 0 Å². The molecule has 7 heteroatoms. The van der Waals surface area contributed by atoms with Crippen molar-refractivity contribution in [3.8, 4) is 5.75 Å². The molecular weight excluding hydrogens is 318 g/mol. The molecule has 0 saturated carbocycles. The molecule has 0 aromatic heterocycles. The van der Waals surface area contributed by atoms with Crippen molar-refractivity contribution in [3.63, 3.8) is 0 Å². The number of halogens is 1. The van der Waals surface area contributed by atoms with Crippen molar-refractivity contribution >= 4 is 35.3 Å². The van der Waals surface area contributed by atoms with Gasteiger partial charge < -0.3 is 10.4 Å². The molecule has 3 N–H and O–H groups in total. The van der Waals surface area contributed by atoms with Crippen LogP contribution >= 0.6 is 11.6 Å². The van der Waals surface area contributed by atoms with E-state index in [9.17, 15) is 14.7 Å². The number of aromatic hydroxyl groups is 1. The summed E-state index contributed by atoms with van der Waals surface area (Å²) in [4.78, 5) is 23.4. The summed E-state index contributed by atoms with van der Waals surface area (Å²) in [7, 11) is 0. The molecule has 0 aliphatic heterocycles. The Morgan fingerprint density at radius 2 is 1.96 bits per heavy atom. The van der Waals surface area contributed by atoms with Crippen molar-refractivity contribution in [1.29, 1.82) is 0 Å². The Hall–Kier alpha value is -2.86. The molecule has 2 aromatic carbocycles. The number of nitrogens with one attached hydrogen (secondary N) is 2. The summed E-state index contributed by atoms with van der Waals surface area (Å²) < 4.78 is 0. The number of rotatable bonds is 3. The summed E-state index contributed by atoms with van der Waals surface area (Å²) in [6.45, 7) is 1.76. The van der Waals surface area contributed by atoms with E-state index < -0.39 is 11.8 Å². The molecule has 0 saturated heterocycles.